The van der Waals surface area contributed by atoms with Gasteiger partial charge in [-0.05, 0) is 23.1 Å². The lowest BCUT2D eigenvalue weighted by molar-refractivity contribution is -0.138. The fourth-order valence-electron chi connectivity index (χ4n) is 3.27. The van der Waals surface area contributed by atoms with E-state index in [2.05, 4.69) is 10.6 Å². The summed E-state index contributed by atoms with van der Waals surface area (Å²) in [7, 11) is 1.47. The Morgan fingerprint density at radius 2 is 1.68 bits per heavy atom. The lowest BCUT2D eigenvalue weighted by Gasteiger charge is -2.25. The summed E-state index contributed by atoms with van der Waals surface area (Å²) in [6.07, 6.45) is 2.90. The van der Waals surface area contributed by atoms with Gasteiger partial charge in [-0.1, -0.05) is 54.6 Å². The summed E-state index contributed by atoms with van der Waals surface area (Å²) in [4.78, 5) is 49.0. The number of likely N-dealkylation sites (N-methyl/N-ethyl adjacent to an activating group) is 1. The van der Waals surface area contributed by atoms with Crippen molar-refractivity contribution in [1.29, 1.82) is 0 Å². The van der Waals surface area contributed by atoms with Crippen molar-refractivity contribution in [1.82, 2.24) is 15.5 Å². The number of hydrogen-bond acceptors (Lipinski definition) is 4. The number of amides is 3. The molecule has 2 atom stereocenters. The molecule has 3 rings (SSSR count). The molecular weight excluding hydrogens is 398 g/mol. The molecule has 1 aliphatic heterocycles. The Morgan fingerprint density at radius 3 is 2.32 bits per heavy atom. The monoisotopic (exact) mass is 421 g/mol. The number of carboxylic acid groups (broad SMARTS) is 1. The summed E-state index contributed by atoms with van der Waals surface area (Å²) in [6, 6.07) is 14.2. The van der Waals surface area contributed by atoms with Crippen LogP contribution in [0.2, 0.25) is 0 Å². The molecule has 1 heterocycles. The van der Waals surface area contributed by atoms with Crippen LogP contribution in [-0.2, 0) is 20.8 Å². The molecule has 0 radical (unpaired) electrons. The highest BCUT2D eigenvalue weighted by Gasteiger charge is 2.32. The molecule has 0 aromatic heterocycles. The minimum atomic E-state index is -1.34. The molecule has 2 aromatic carbocycles. The van der Waals surface area contributed by atoms with E-state index in [4.69, 9.17) is 0 Å². The number of rotatable bonds is 7. The Balaban J connectivity index is 1.69. The van der Waals surface area contributed by atoms with Crippen LogP contribution in [0.4, 0.5) is 4.79 Å². The number of carboxylic acids is 1. The second kappa shape index (κ2) is 9.71. The molecule has 0 saturated heterocycles. The van der Waals surface area contributed by atoms with Gasteiger partial charge < -0.3 is 20.6 Å². The van der Waals surface area contributed by atoms with Crippen LogP contribution < -0.4 is 10.6 Å². The SMILES string of the molecule is CN1C=CC(=O)C(NC(=O)NC(CC(=O)O)c2ccc(Cc3ccccc3)cc2)C1=O. The van der Waals surface area contributed by atoms with Crippen LogP contribution in [0.15, 0.2) is 66.9 Å². The Labute approximate surface area is 179 Å². The summed E-state index contributed by atoms with van der Waals surface area (Å²) in [5, 5.41) is 14.1. The van der Waals surface area contributed by atoms with Gasteiger partial charge in [-0.3, -0.25) is 14.4 Å². The Kier molecular flexibility index (Phi) is 6.81. The van der Waals surface area contributed by atoms with Crippen LogP contribution in [0.5, 0.6) is 0 Å². The van der Waals surface area contributed by atoms with Crippen molar-refractivity contribution in [2.45, 2.75) is 24.9 Å². The van der Waals surface area contributed by atoms with E-state index in [1.54, 1.807) is 12.1 Å². The maximum absolute atomic E-state index is 12.4. The average molecular weight is 421 g/mol. The van der Waals surface area contributed by atoms with Gasteiger partial charge in [-0.25, -0.2) is 4.79 Å². The number of benzene rings is 2. The van der Waals surface area contributed by atoms with E-state index in [9.17, 15) is 24.3 Å². The van der Waals surface area contributed by atoms with Gasteiger partial charge in [0.25, 0.3) is 5.91 Å². The molecule has 2 aromatic rings. The van der Waals surface area contributed by atoms with Gasteiger partial charge >= 0.3 is 12.0 Å². The van der Waals surface area contributed by atoms with E-state index < -0.39 is 35.8 Å². The maximum atomic E-state index is 12.4. The van der Waals surface area contributed by atoms with Crippen LogP contribution in [0, 0.1) is 0 Å². The van der Waals surface area contributed by atoms with Gasteiger partial charge in [-0.2, -0.15) is 0 Å². The third-order valence-corrected chi connectivity index (χ3v) is 4.93. The van der Waals surface area contributed by atoms with E-state index in [0.717, 1.165) is 17.5 Å². The van der Waals surface area contributed by atoms with Crippen molar-refractivity contribution in [3.05, 3.63) is 83.6 Å². The van der Waals surface area contributed by atoms with E-state index >= 15 is 0 Å². The van der Waals surface area contributed by atoms with Gasteiger partial charge in [-0.15, -0.1) is 0 Å². The Morgan fingerprint density at radius 1 is 1.03 bits per heavy atom. The van der Waals surface area contributed by atoms with Crippen LogP contribution in [0.1, 0.15) is 29.2 Å². The fraction of sp³-hybridized carbons (Fsp3) is 0.217. The smallest absolute Gasteiger partial charge is 0.316 e. The number of aliphatic carboxylic acids is 1. The van der Waals surface area contributed by atoms with Crippen molar-refractivity contribution in [2.75, 3.05) is 7.05 Å². The van der Waals surface area contributed by atoms with Gasteiger partial charge in [0.15, 0.2) is 11.8 Å². The van der Waals surface area contributed by atoms with Gasteiger partial charge in [0.2, 0.25) is 0 Å². The average Bonchev–Trinajstić information content (AvgIpc) is 2.74. The molecule has 2 unspecified atom stereocenters. The number of hydrogen-bond donors (Lipinski definition) is 3. The molecule has 0 spiro atoms. The molecule has 0 saturated carbocycles. The highest BCUT2D eigenvalue weighted by atomic mass is 16.4. The van der Waals surface area contributed by atoms with Crippen LogP contribution >= 0.6 is 0 Å². The van der Waals surface area contributed by atoms with Gasteiger partial charge in [0.05, 0.1) is 12.5 Å². The van der Waals surface area contributed by atoms with Crippen molar-refractivity contribution in [3.8, 4) is 0 Å². The van der Waals surface area contributed by atoms with E-state index in [1.807, 2.05) is 42.5 Å². The van der Waals surface area contributed by atoms with Crippen molar-refractivity contribution in [3.63, 3.8) is 0 Å². The zero-order chi connectivity index (χ0) is 22.4. The van der Waals surface area contributed by atoms with Gasteiger partial charge in [0.1, 0.15) is 0 Å². The molecule has 0 aliphatic carbocycles. The standard InChI is InChI=1S/C23H23N3O5/c1-26-12-11-19(27)21(22(26)30)25-23(31)24-18(14-20(28)29)17-9-7-16(8-10-17)13-15-5-3-2-4-6-15/h2-12,18,21H,13-14H2,1H3,(H,28,29)(H2,24,25,31). The number of nitrogens with zero attached hydrogens (tertiary/aromatic N) is 1. The zero-order valence-electron chi connectivity index (χ0n) is 16.9. The third-order valence-electron chi connectivity index (χ3n) is 4.93. The second-order valence-electron chi connectivity index (χ2n) is 7.27. The fourth-order valence-corrected chi connectivity index (χ4v) is 3.27. The number of carbonyl (C=O) groups is 4. The number of carbonyl (C=O) groups excluding carboxylic acids is 3. The number of urea groups is 1. The van der Waals surface area contributed by atoms with Crippen LogP contribution in [0.3, 0.4) is 0 Å². The molecule has 3 N–H and O–H groups in total. The van der Waals surface area contributed by atoms with E-state index in [-0.39, 0.29) is 6.42 Å². The molecule has 160 valence electrons. The summed E-state index contributed by atoms with van der Waals surface area (Å²) in [5.41, 5.74) is 2.80. The van der Waals surface area contributed by atoms with Crippen LogP contribution in [0.25, 0.3) is 0 Å². The van der Waals surface area contributed by atoms with E-state index in [0.29, 0.717) is 5.56 Å². The Bertz CT molecular complexity index is 1000. The first-order valence-electron chi connectivity index (χ1n) is 9.74. The summed E-state index contributed by atoms with van der Waals surface area (Å²) in [6.45, 7) is 0. The predicted octanol–water partition coefficient (Wildman–Crippen LogP) is 2.02. The third kappa shape index (κ3) is 5.79. The van der Waals surface area contributed by atoms with Crippen molar-refractivity contribution < 1.29 is 24.3 Å². The predicted molar refractivity (Wildman–Crippen MR) is 113 cm³/mol. The normalized spacial score (nSPS) is 16.7. The summed E-state index contributed by atoms with van der Waals surface area (Å²) < 4.78 is 0. The molecule has 3 amide bonds. The second-order valence-corrected chi connectivity index (χ2v) is 7.27. The van der Waals surface area contributed by atoms with E-state index in [1.165, 1.54) is 24.2 Å². The van der Waals surface area contributed by atoms with Crippen molar-refractivity contribution in [2.24, 2.45) is 0 Å². The molecule has 8 heteroatoms. The summed E-state index contributed by atoms with van der Waals surface area (Å²) in [5.74, 6) is -2.20. The lowest BCUT2D eigenvalue weighted by Crippen LogP contribution is -2.55. The van der Waals surface area contributed by atoms with Crippen LogP contribution in [-0.4, -0.2) is 46.8 Å². The zero-order valence-corrected chi connectivity index (χ0v) is 16.9. The number of nitrogens with one attached hydrogen (secondary N) is 2. The maximum Gasteiger partial charge on any atom is 0.316 e. The summed E-state index contributed by atoms with van der Waals surface area (Å²) >= 11 is 0. The quantitative estimate of drug-likeness (QED) is 0.592. The lowest BCUT2D eigenvalue weighted by atomic mass is 9.99. The highest BCUT2D eigenvalue weighted by Crippen LogP contribution is 2.19. The minimum Gasteiger partial charge on any atom is -0.481 e. The van der Waals surface area contributed by atoms with Gasteiger partial charge in [0, 0.05) is 19.3 Å². The molecule has 0 fully saturated rings. The molecule has 31 heavy (non-hydrogen) atoms. The highest BCUT2D eigenvalue weighted by molar-refractivity contribution is 6.14. The molecule has 8 nitrogen and oxygen atoms in total. The molecule has 0 bridgehead atoms. The molecule has 1 aliphatic rings. The molecular formula is C23H23N3O5. The first-order valence-corrected chi connectivity index (χ1v) is 9.74. The number of ketones is 1. The Hall–Kier alpha value is -3.94. The topological polar surface area (TPSA) is 116 Å². The largest absolute Gasteiger partial charge is 0.481 e. The van der Waals surface area contributed by atoms with Crippen molar-refractivity contribution >= 4 is 23.7 Å². The first kappa shape index (κ1) is 21.8. The first-order chi connectivity index (χ1) is 14.8. The minimum absolute atomic E-state index is 0.349.